The van der Waals surface area contributed by atoms with Crippen LogP contribution in [0.3, 0.4) is 0 Å². The normalized spacial score (nSPS) is 11.1. The summed E-state index contributed by atoms with van der Waals surface area (Å²) in [5, 5.41) is 3.84. The number of rotatable bonds is 6. The zero-order valence-electron chi connectivity index (χ0n) is 23.9. The van der Waals surface area contributed by atoms with Gasteiger partial charge in [0.15, 0.2) is 0 Å². The van der Waals surface area contributed by atoms with Crippen molar-refractivity contribution in [3.8, 4) is 44.6 Å². The molecule has 2 nitrogen and oxygen atoms in total. The Morgan fingerprint density at radius 1 is 0.476 bits per heavy atom. The summed E-state index contributed by atoms with van der Waals surface area (Å²) in [4.78, 5) is 0. The molecule has 0 aliphatic carbocycles. The molecule has 1 N–H and O–H groups in total. The van der Waals surface area contributed by atoms with Gasteiger partial charge in [-0.1, -0.05) is 115 Å². The summed E-state index contributed by atoms with van der Waals surface area (Å²) in [7, 11) is 0. The molecule has 7 rings (SSSR count). The lowest BCUT2D eigenvalue weighted by Gasteiger charge is -2.16. The van der Waals surface area contributed by atoms with Crippen molar-refractivity contribution in [2.24, 2.45) is 0 Å². The highest BCUT2D eigenvalue weighted by molar-refractivity contribution is 5.96. The Balaban J connectivity index is 1.40. The van der Waals surface area contributed by atoms with Crippen LogP contribution < -0.4 is 5.32 Å². The van der Waals surface area contributed by atoms with Gasteiger partial charge in [0.2, 0.25) is 0 Å². The molecule has 5 aromatic carbocycles. The molecule has 0 amide bonds. The fraction of sp³-hybridized carbons (Fsp3) is 0.0500. The molecule has 0 unspecified atom stereocenters. The average Bonchev–Trinajstić information content (AvgIpc) is 3.35. The topological polar surface area (TPSA) is 16.4 Å². The zero-order valence-corrected chi connectivity index (χ0v) is 23.9. The van der Waals surface area contributed by atoms with Gasteiger partial charge in [-0.2, -0.15) is 0 Å². The molecule has 0 spiro atoms. The Bertz CT molecular complexity index is 1950. The Labute approximate surface area is 247 Å². The maximum Gasteiger partial charge on any atom is 0.0567 e. The van der Waals surface area contributed by atoms with Crippen molar-refractivity contribution in [2.45, 2.75) is 13.8 Å². The number of anilines is 2. The van der Waals surface area contributed by atoms with Gasteiger partial charge in [0.05, 0.1) is 11.2 Å². The molecule has 0 bridgehead atoms. The van der Waals surface area contributed by atoms with E-state index in [4.69, 9.17) is 0 Å². The van der Waals surface area contributed by atoms with Gasteiger partial charge in [0, 0.05) is 28.2 Å². The van der Waals surface area contributed by atoms with E-state index in [1.807, 2.05) is 0 Å². The van der Waals surface area contributed by atoms with Crippen molar-refractivity contribution >= 4 is 16.9 Å². The highest BCUT2D eigenvalue weighted by Gasteiger charge is 2.21. The number of hydrogen-bond donors (Lipinski definition) is 1. The molecule has 0 aliphatic rings. The monoisotopic (exact) mass is 540 g/mol. The lowest BCUT2D eigenvalue weighted by Crippen LogP contribution is -1.96. The first-order chi connectivity index (χ1) is 20.7. The van der Waals surface area contributed by atoms with E-state index in [1.165, 1.54) is 61.4 Å². The van der Waals surface area contributed by atoms with Crippen molar-refractivity contribution < 1.29 is 0 Å². The third-order valence-electron chi connectivity index (χ3n) is 8.06. The largest absolute Gasteiger partial charge is 0.355 e. The lowest BCUT2D eigenvalue weighted by atomic mass is 9.96. The Hall–Kier alpha value is -5.34. The molecule has 2 heterocycles. The number of benzene rings is 5. The van der Waals surface area contributed by atoms with Crippen LogP contribution in [0.15, 0.2) is 152 Å². The molecule has 2 aromatic heterocycles. The highest BCUT2D eigenvalue weighted by Crippen LogP contribution is 2.42. The standard InChI is InChI=1S/C40H32N2/c1-28-15-14-24-38-39(29(2)40(42(28)38)32-20-10-5-11-21-32)36-22-12-13-23-37(36)41-35-26-33(30-16-6-3-7-17-30)25-34(27-35)31-18-8-4-9-19-31/h3-27,41H,1-2H3. The molecule has 202 valence electrons. The van der Waals surface area contributed by atoms with Crippen LogP contribution in [0, 0.1) is 13.8 Å². The first-order valence-electron chi connectivity index (χ1n) is 14.5. The molecule has 0 saturated heterocycles. The van der Waals surface area contributed by atoms with E-state index in [-0.39, 0.29) is 0 Å². The van der Waals surface area contributed by atoms with Gasteiger partial charge in [0.1, 0.15) is 0 Å². The van der Waals surface area contributed by atoms with Gasteiger partial charge in [-0.15, -0.1) is 0 Å². The zero-order chi connectivity index (χ0) is 28.5. The molecule has 0 radical (unpaired) electrons. The molecule has 0 fully saturated rings. The van der Waals surface area contributed by atoms with Crippen molar-refractivity contribution in [2.75, 3.05) is 5.32 Å². The number of nitrogens with one attached hydrogen (secondary N) is 1. The van der Waals surface area contributed by atoms with Gasteiger partial charge < -0.3 is 9.72 Å². The van der Waals surface area contributed by atoms with Crippen LogP contribution in [0.4, 0.5) is 11.4 Å². The van der Waals surface area contributed by atoms with E-state index in [9.17, 15) is 0 Å². The minimum atomic E-state index is 1.06. The van der Waals surface area contributed by atoms with E-state index < -0.39 is 0 Å². The molecule has 42 heavy (non-hydrogen) atoms. The maximum atomic E-state index is 3.84. The van der Waals surface area contributed by atoms with Crippen molar-refractivity contribution in [1.29, 1.82) is 0 Å². The van der Waals surface area contributed by atoms with Gasteiger partial charge >= 0.3 is 0 Å². The number of nitrogens with zero attached hydrogens (tertiary/aromatic N) is 1. The van der Waals surface area contributed by atoms with Crippen LogP contribution >= 0.6 is 0 Å². The van der Waals surface area contributed by atoms with E-state index in [1.54, 1.807) is 0 Å². The fourth-order valence-electron chi connectivity index (χ4n) is 6.13. The van der Waals surface area contributed by atoms with Crippen LogP contribution in [-0.4, -0.2) is 4.40 Å². The summed E-state index contributed by atoms with van der Waals surface area (Å²) < 4.78 is 2.40. The van der Waals surface area contributed by atoms with Gasteiger partial charge in [0.25, 0.3) is 0 Å². The summed E-state index contributed by atoms with van der Waals surface area (Å²) in [5.41, 5.74) is 15.5. The van der Waals surface area contributed by atoms with Crippen LogP contribution in [-0.2, 0) is 0 Å². The fourth-order valence-corrected chi connectivity index (χ4v) is 6.13. The summed E-state index contributed by atoms with van der Waals surface area (Å²) >= 11 is 0. The minimum Gasteiger partial charge on any atom is -0.355 e. The maximum absolute atomic E-state index is 3.84. The van der Waals surface area contributed by atoms with Crippen molar-refractivity contribution in [3.05, 3.63) is 163 Å². The minimum absolute atomic E-state index is 1.06. The second-order valence-corrected chi connectivity index (χ2v) is 10.8. The van der Waals surface area contributed by atoms with Crippen molar-refractivity contribution in [3.63, 3.8) is 0 Å². The van der Waals surface area contributed by atoms with Gasteiger partial charge in [-0.05, 0) is 83.6 Å². The number of pyridine rings is 1. The van der Waals surface area contributed by atoms with E-state index in [2.05, 4.69) is 175 Å². The summed E-state index contributed by atoms with van der Waals surface area (Å²) in [6.07, 6.45) is 0. The third-order valence-corrected chi connectivity index (χ3v) is 8.06. The smallest absolute Gasteiger partial charge is 0.0567 e. The lowest BCUT2D eigenvalue weighted by molar-refractivity contribution is 1.10. The van der Waals surface area contributed by atoms with Gasteiger partial charge in [-0.25, -0.2) is 0 Å². The predicted octanol–water partition coefficient (Wildman–Crippen LogP) is 11.0. The van der Waals surface area contributed by atoms with E-state index >= 15 is 0 Å². The molecule has 0 aliphatic heterocycles. The molecule has 0 atom stereocenters. The second kappa shape index (κ2) is 10.9. The number of para-hydroxylation sites is 1. The van der Waals surface area contributed by atoms with E-state index in [0.717, 1.165) is 11.4 Å². The van der Waals surface area contributed by atoms with Crippen LogP contribution in [0.25, 0.3) is 50.2 Å². The van der Waals surface area contributed by atoms with Crippen LogP contribution in [0.1, 0.15) is 11.3 Å². The number of hydrogen-bond acceptors (Lipinski definition) is 1. The van der Waals surface area contributed by atoms with E-state index in [0.29, 0.717) is 0 Å². The van der Waals surface area contributed by atoms with Crippen molar-refractivity contribution in [1.82, 2.24) is 4.40 Å². The first kappa shape index (κ1) is 25.6. The predicted molar refractivity (Wildman–Crippen MR) is 178 cm³/mol. The molecular weight excluding hydrogens is 508 g/mol. The average molecular weight is 541 g/mol. The summed E-state index contributed by atoms with van der Waals surface area (Å²) in [6, 6.07) is 54.0. The molecule has 0 saturated carbocycles. The number of aryl methyl sites for hydroxylation is 1. The third kappa shape index (κ3) is 4.67. The SMILES string of the molecule is Cc1c(-c2ccccc2Nc2cc(-c3ccccc3)cc(-c3ccccc3)c2)c2cccc(C)n2c1-c1ccccc1. The number of fused-ring (bicyclic) bond motifs is 1. The van der Waals surface area contributed by atoms with Gasteiger partial charge in [-0.3, -0.25) is 0 Å². The molecule has 7 aromatic rings. The second-order valence-electron chi connectivity index (χ2n) is 10.8. The summed E-state index contributed by atoms with van der Waals surface area (Å²) in [5.74, 6) is 0. The summed E-state index contributed by atoms with van der Waals surface area (Å²) in [6.45, 7) is 4.44. The van der Waals surface area contributed by atoms with Crippen LogP contribution in [0.5, 0.6) is 0 Å². The molecular formula is C40H32N2. The Morgan fingerprint density at radius 3 is 1.64 bits per heavy atom. The highest BCUT2D eigenvalue weighted by atomic mass is 14.9. The Kier molecular flexibility index (Phi) is 6.65. The van der Waals surface area contributed by atoms with Crippen LogP contribution in [0.2, 0.25) is 0 Å². The molecule has 2 heteroatoms. The first-order valence-corrected chi connectivity index (χ1v) is 14.5. The number of aromatic nitrogens is 1. The Morgan fingerprint density at radius 2 is 1.02 bits per heavy atom. The quantitative estimate of drug-likeness (QED) is 0.222.